The van der Waals surface area contributed by atoms with Crippen molar-refractivity contribution in [2.75, 3.05) is 23.8 Å². The Bertz CT molecular complexity index is 922. The summed E-state index contributed by atoms with van der Waals surface area (Å²) < 4.78 is 31.1. The predicted molar refractivity (Wildman–Crippen MR) is 126 cm³/mol. The number of benzene rings is 1. The van der Waals surface area contributed by atoms with Crippen LogP contribution >= 0.6 is 34.9 Å². The molecule has 1 aromatic carbocycles. The Kier molecular flexibility index (Phi) is 9.52. The number of carbonyl (C=O) groups excluding carboxylic acids is 1. The van der Waals surface area contributed by atoms with Crippen molar-refractivity contribution >= 4 is 50.8 Å². The van der Waals surface area contributed by atoms with Gasteiger partial charge in [0.25, 0.3) is 0 Å². The first-order valence-electron chi connectivity index (χ1n) is 9.48. The van der Waals surface area contributed by atoms with Gasteiger partial charge in [0.2, 0.25) is 0 Å². The molecule has 10 heteroatoms. The second-order valence-electron chi connectivity index (χ2n) is 7.43. The van der Waals surface area contributed by atoms with Crippen LogP contribution in [-0.4, -0.2) is 48.9 Å². The van der Waals surface area contributed by atoms with E-state index in [1.54, 1.807) is 53.4 Å². The van der Waals surface area contributed by atoms with Crippen LogP contribution in [0.5, 0.6) is 0 Å². The number of hydrogen-bond acceptors (Lipinski definition) is 8. The van der Waals surface area contributed by atoms with Crippen molar-refractivity contribution in [1.29, 1.82) is 0 Å². The first-order valence-corrected chi connectivity index (χ1v) is 14.1. The molecule has 0 atom stereocenters. The van der Waals surface area contributed by atoms with Gasteiger partial charge in [0.05, 0.1) is 25.6 Å². The van der Waals surface area contributed by atoms with Gasteiger partial charge in [-0.25, -0.2) is 18.2 Å². The van der Waals surface area contributed by atoms with Crippen molar-refractivity contribution in [3.63, 3.8) is 0 Å². The summed E-state index contributed by atoms with van der Waals surface area (Å²) in [7, 11) is -3.28. The topological polar surface area (TPSA) is 85.4 Å². The van der Waals surface area contributed by atoms with Crippen LogP contribution in [0.15, 0.2) is 39.4 Å². The molecule has 1 amide bonds. The summed E-state index contributed by atoms with van der Waals surface area (Å²) in [5, 5.41) is 3.70. The van der Waals surface area contributed by atoms with Gasteiger partial charge in [-0.15, -0.1) is 23.1 Å². The quantitative estimate of drug-likeness (QED) is 0.381. The van der Waals surface area contributed by atoms with Crippen LogP contribution in [0.25, 0.3) is 0 Å². The van der Waals surface area contributed by atoms with Crippen LogP contribution in [0.4, 0.5) is 4.79 Å². The number of rotatable bonds is 10. The lowest BCUT2D eigenvalue weighted by molar-refractivity contribution is 0.0531. The van der Waals surface area contributed by atoms with Crippen molar-refractivity contribution in [2.24, 2.45) is 0 Å². The summed E-state index contributed by atoms with van der Waals surface area (Å²) in [6.07, 6.45) is -0.413. The number of aromatic nitrogens is 1. The number of carbonyl (C=O) groups is 1. The van der Waals surface area contributed by atoms with Crippen molar-refractivity contribution < 1.29 is 17.9 Å². The maximum absolute atomic E-state index is 12.4. The Labute approximate surface area is 191 Å². The third kappa shape index (κ3) is 8.87. The molecular weight excluding hydrogens is 460 g/mol. The second-order valence-corrected chi connectivity index (χ2v) is 13.2. The van der Waals surface area contributed by atoms with Crippen molar-refractivity contribution in [1.82, 2.24) is 10.3 Å². The zero-order valence-corrected chi connectivity index (χ0v) is 20.9. The van der Waals surface area contributed by atoms with Crippen LogP contribution in [0.3, 0.4) is 0 Å². The molecule has 0 aliphatic rings. The molecule has 1 aromatic heterocycles. The molecule has 0 saturated heterocycles. The monoisotopic (exact) mass is 488 g/mol. The lowest BCUT2D eigenvalue weighted by Crippen LogP contribution is -2.33. The highest BCUT2D eigenvalue weighted by molar-refractivity contribution is 8.02. The number of thioether (sulfide) groups is 2. The van der Waals surface area contributed by atoms with E-state index < -0.39 is 21.5 Å². The van der Waals surface area contributed by atoms with Gasteiger partial charge < -0.3 is 10.1 Å². The maximum atomic E-state index is 12.4. The van der Waals surface area contributed by atoms with E-state index in [-0.39, 0.29) is 5.75 Å². The van der Waals surface area contributed by atoms with Gasteiger partial charge >= 0.3 is 6.09 Å². The molecule has 0 unspecified atom stereocenters. The predicted octanol–water partition coefficient (Wildman–Crippen LogP) is 4.78. The van der Waals surface area contributed by atoms with Crippen LogP contribution in [-0.2, 0) is 20.3 Å². The fourth-order valence-corrected chi connectivity index (χ4v) is 7.32. The van der Waals surface area contributed by atoms with Crippen LogP contribution in [0, 0.1) is 6.92 Å². The van der Waals surface area contributed by atoms with Crippen LogP contribution in [0.2, 0.25) is 0 Å². The maximum Gasteiger partial charge on any atom is 0.407 e. The molecule has 1 N–H and O–H groups in total. The minimum atomic E-state index is -3.28. The smallest absolute Gasteiger partial charge is 0.407 e. The lowest BCUT2D eigenvalue weighted by Gasteiger charge is -2.19. The fraction of sp³-hybridized carbons (Fsp3) is 0.500. The Morgan fingerprint density at radius 1 is 1.20 bits per heavy atom. The summed E-state index contributed by atoms with van der Waals surface area (Å²) in [6.45, 7) is 7.96. The average Bonchev–Trinajstić information content (AvgIpc) is 3.00. The molecule has 0 aliphatic heterocycles. The molecular formula is C20H28N2O4S4. The van der Waals surface area contributed by atoms with Gasteiger partial charge in [0, 0.05) is 23.8 Å². The van der Waals surface area contributed by atoms with Crippen molar-refractivity contribution in [3.05, 3.63) is 41.0 Å². The molecule has 166 valence electrons. The number of nitrogens with one attached hydrogen (secondary N) is 1. The number of sulfone groups is 1. The summed E-state index contributed by atoms with van der Waals surface area (Å²) in [5.74, 6) is 2.03. The molecule has 0 saturated carbocycles. The highest BCUT2D eigenvalue weighted by Crippen LogP contribution is 2.32. The highest BCUT2D eigenvalue weighted by Gasteiger charge is 2.17. The zero-order chi connectivity index (χ0) is 22.2. The molecule has 1 heterocycles. The first kappa shape index (κ1) is 25.0. The zero-order valence-electron chi connectivity index (χ0n) is 17.6. The number of alkyl carbamates (subject to hydrolysis) is 1. The summed E-state index contributed by atoms with van der Waals surface area (Å²) in [6, 6.07) is 8.54. The summed E-state index contributed by atoms with van der Waals surface area (Å²) in [5.41, 5.74) is 0.469. The third-order valence-corrected chi connectivity index (χ3v) is 8.89. The Morgan fingerprint density at radius 3 is 2.57 bits per heavy atom. The van der Waals surface area contributed by atoms with E-state index in [2.05, 4.69) is 10.3 Å². The van der Waals surface area contributed by atoms with E-state index >= 15 is 0 Å². The highest BCUT2D eigenvalue weighted by atomic mass is 32.2. The van der Waals surface area contributed by atoms with Gasteiger partial charge in [-0.1, -0.05) is 18.2 Å². The second kappa shape index (κ2) is 11.4. The number of nitrogens with zero attached hydrogens (tertiary/aromatic N) is 1. The van der Waals surface area contributed by atoms with E-state index in [4.69, 9.17) is 4.74 Å². The molecule has 0 aliphatic carbocycles. The van der Waals surface area contributed by atoms with Crippen LogP contribution in [0.1, 0.15) is 31.5 Å². The first-order chi connectivity index (χ1) is 14.1. The summed E-state index contributed by atoms with van der Waals surface area (Å²) >= 11 is 4.80. The van der Waals surface area contributed by atoms with Gasteiger partial charge in [0.15, 0.2) is 9.84 Å². The Morgan fingerprint density at radius 2 is 1.90 bits per heavy atom. The molecule has 6 nitrogen and oxygen atoms in total. The minimum absolute atomic E-state index is 0.0883. The van der Waals surface area contributed by atoms with Gasteiger partial charge in [-0.05, 0) is 39.8 Å². The molecule has 30 heavy (non-hydrogen) atoms. The molecule has 0 radical (unpaired) electrons. The average molecular weight is 489 g/mol. The Hall–Kier alpha value is -1.23. The minimum Gasteiger partial charge on any atom is -0.444 e. The van der Waals surface area contributed by atoms with E-state index in [1.165, 1.54) is 11.8 Å². The Balaban J connectivity index is 1.77. The number of amides is 1. The normalized spacial score (nSPS) is 12.0. The third-order valence-electron chi connectivity index (χ3n) is 3.61. The van der Waals surface area contributed by atoms with Gasteiger partial charge in [-0.2, -0.15) is 11.8 Å². The van der Waals surface area contributed by atoms with E-state index in [0.29, 0.717) is 22.9 Å². The standard InChI is InChI=1S/C20H28N2O4S4/c1-15-22-17(14-27-11-10-21-19(23)26-20(2,3)4)18(29-15)28-12-13-30(24,25)16-8-6-5-7-9-16/h5-9H,10-14H2,1-4H3,(H,21,23). The van der Waals surface area contributed by atoms with Crippen molar-refractivity contribution in [3.8, 4) is 0 Å². The largest absolute Gasteiger partial charge is 0.444 e. The molecule has 0 spiro atoms. The van der Waals surface area contributed by atoms with Gasteiger partial charge in [0.1, 0.15) is 5.60 Å². The number of ether oxygens (including phenoxy) is 1. The number of thiazole rings is 1. The number of aryl methyl sites for hydroxylation is 1. The lowest BCUT2D eigenvalue weighted by atomic mass is 10.2. The van der Waals surface area contributed by atoms with E-state index in [0.717, 1.165) is 20.7 Å². The molecule has 0 fully saturated rings. The SMILES string of the molecule is Cc1nc(CSCCNC(=O)OC(C)(C)C)c(SCCS(=O)(=O)c2ccccc2)s1. The van der Waals surface area contributed by atoms with Crippen LogP contribution < -0.4 is 5.32 Å². The van der Waals surface area contributed by atoms with E-state index in [9.17, 15) is 13.2 Å². The summed E-state index contributed by atoms with van der Waals surface area (Å²) in [4.78, 5) is 16.6. The fourth-order valence-electron chi connectivity index (χ4n) is 2.35. The van der Waals surface area contributed by atoms with Gasteiger partial charge in [-0.3, -0.25) is 0 Å². The van der Waals surface area contributed by atoms with Crippen molar-refractivity contribution in [2.45, 2.75) is 48.2 Å². The van der Waals surface area contributed by atoms with E-state index in [1.807, 2.05) is 27.7 Å². The molecule has 0 bridgehead atoms. The number of hydrogen-bond donors (Lipinski definition) is 1. The molecule has 2 rings (SSSR count). The molecule has 2 aromatic rings.